The maximum absolute atomic E-state index is 14.3. The highest BCUT2D eigenvalue weighted by molar-refractivity contribution is 5.96. The summed E-state index contributed by atoms with van der Waals surface area (Å²) in [7, 11) is 3.20. The molecule has 39 heavy (non-hydrogen) atoms. The van der Waals surface area contributed by atoms with Crippen LogP contribution < -0.4 is 15.4 Å². The average Bonchev–Trinajstić information content (AvgIpc) is 3.21. The number of alkyl carbamates (subject to hydrolysis) is 1. The molecule has 3 amide bonds. The van der Waals surface area contributed by atoms with Crippen LogP contribution in [0.4, 0.5) is 15.0 Å². The summed E-state index contributed by atoms with van der Waals surface area (Å²) in [5.41, 5.74) is 2.09. The Morgan fingerprint density at radius 2 is 2.08 bits per heavy atom. The number of anilines is 1. The molecule has 2 N–H and O–H groups in total. The predicted octanol–water partition coefficient (Wildman–Crippen LogP) is 2.90. The molecule has 1 aliphatic rings. The highest BCUT2D eigenvalue weighted by Crippen LogP contribution is 2.36. The molecule has 3 heterocycles. The van der Waals surface area contributed by atoms with E-state index in [4.69, 9.17) is 9.47 Å². The minimum atomic E-state index is -0.846. The Balaban J connectivity index is 1.82. The van der Waals surface area contributed by atoms with Crippen molar-refractivity contribution in [2.75, 3.05) is 25.5 Å². The van der Waals surface area contributed by atoms with E-state index in [-0.39, 0.29) is 41.5 Å². The topological polar surface area (TPSA) is 151 Å². The fourth-order valence-corrected chi connectivity index (χ4v) is 4.22. The molecule has 1 atom stereocenters. The predicted molar refractivity (Wildman–Crippen MR) is 136 cm³/mol. The number of nitriles is 1. The zero-order valence-corrected chi connectivity index (χ0v) is 21.7. The lowest BCUT2D eigenvalue weighted by molar-refractivity contribution is -0.115. The summed E-state index contributed by atoms with van der Waals surface area (Å²) in [5.74, 6) is -1.44. The summed E-state index contributed by atoms with van der Waals surface area (Å²) in [6.07, 6.45) is -0.160. The monoisotopic (exact) mass is 535 g/mol. The molecule has 12 nitrogen and oxygen atoms in total. The fourth-order valence-electron chi connectivity index (χ4n) is 4.22. The molecule has 3 aromatic rings. The van der Waals surface area contributed by atoms with E-state index in [2.05, 4.69) is 26.8 Å². The maximum Gasteiger partial charge on any atom is 0.407 e. The van der Waals surface area contributed by atoms with Crippen molar-refractivity contribution >= 4 is 23.7 Å². The van der Waals surface area contributed by atoms with Gasteiger partial charge in [0.2, 0.25) is 5.91 Å². The largest absolute Gasteiger partial charge is 0.482 e. The lowest BCUT2D eigenvalue weighted by atomic mass is 10.00. The molecule has 4 rings (SSSR count). The van der Waals surface area contributed by atoms with Gasteiger partial charge in [-0.15, -0.1) is 0 Å². The fraction of sp³-hybridized carbons (Fsp3) is 0.308. The van der Waals surface area contributed by atoms with Crippen LogP contribution in [0, 0.1) is 17.1 Å². The number of ether oxygens (including phenoxy) is 2. The number of hydrogen-bond donors (Lipinski definition) is 2. The van der Waals surface area contributed by atoms with Gasteiger partial charge in [-0.3, -0.25) is 14.3 Å². The highest BCUT2D eigenvalue weighted by atomic mass is 19.1. The molecule has 0 aliphatic carbocycles. The molecule has 13 heteroatoms. The van der Waals surface area contributed by atoms with E-state index in [0.717, 1.165) is 0 Å². The molecule has 1 aromatic carbocycles. The highest BCUT2D eigenvalue weighted by Gasteiger charge is 2.27. The van der Waals surface area contributed by atoms with E-state index in [1.807, 2.05) is 0 Å². The zero-order chi connectivity index (χ0) is 28.3. The average molecular weight is 536 g/mol. The van der Waals surface area contributed by atoms with E-state index in [9.17, 15) is 24.0 Å². The Morgan fingerprint density at radius 1 is 1.31 bits per heavy atom. The lowest BCUT2D eigenvalue weighted by Gasteiger charge is -2.24. The molecule has 1 aliphatic heterocycles. The second kappa shape index (κ2) is 11.2. The molecular formula is C26H26FN7O5. The van der Waals surface area contributed by atoms with Crippen molar-refractivity contribution in [1.82, 2.24) is 25.0 Å². The third kappa shape index (κ3) is 5.64. The second-order valence-corrected chi connectivity index (χ2v) is 8.75. The Labute approximate surface area is 223 Å². The van der Waals surface area contributed by atoms with E-state index < -0.39 is 36.4 Å². The zero-order valence-electron chi connectivity index (χ0n) is 21.7. The summed E-state index contributed by atoms with van der Waals surface area (Å²) in [6.45, 7) is 3.08. The summed E-state index contributed by atoms with van der Waals surface area (Å²) < 4.78 is 26.6. The minimum Gasteiger partial charge on any atom is -0.482 e. The number of pyridine rings is 1. The quantitative estimate of drug-likeness (QED) is 0.518. The Morgan fingerprint density at radius 3 is 2.79 bits per heavy atom. The molecule has 2 bridgehead atoms. The smallest absolute Gasteiger partial charge is 0.407 e. The Kier molecular flexibility index (Phi) is 7.75. The minimum absolute atomic E-state index is 0.0173. The first-order valence-corrected chi connectivity index (χ1v) is 12.0. The first-order valence-electron chi connectivity index (χ1n) is 12.0. The SMILES string of the molecule is CCOC(=O)NCC(=O)Nc1ncc2cc1OC(C)c1cc(F)ccc1C(=O)N(C)Cc1nn(C)c(C#N)c1-2. The molecule has 0 saturated heterocycles. The first kappa shape index (κ1) is 27.1. The normalized spacial score (nSPS) is 14.5. The number of halogens is 1. The van der Waals surface area contributed by atoms with Gasteiger partial charge in [0, 0.05) is 42.5 Å². The van der Waals surface area contributed by atoms with E-state index in [1.54, 1.807) is 34.0 Å². The van der Waals surface area contributed by atoms with Crippen LogP contribution in [0.1, 0.15) is 47.3 Å². The number of rotatable bonds is 4. The van der Waals surface area contributed by atoms with Crippen LogP contribution in [0.25, 0.3) is 11.1 Å². The van der Waals surface area contributed by atoms with Crippen LogP contribution in [0.5, 0.6) is 5.75 Å². The lowest BCUT2D eigenvalue weighted by Crippen LogP contribution is -2.33. The standard InChI is InChI=1S/C26H26FN7O5/c1-5-38-26(37)30-12-22(35)31-24-21-8-15(11-29-24)23-19(32-34(4)20(23)10-28)13-33(3)25(36)17-7-6-16(27)9-18(17)14(2)39-21/h6-9,11,14H,5,12-13H2,1-4H3,(H,30,37)(H,29,31,35). The number of aryl methyl sites for hydroxylation is 1. The van der Waals surface area contributed by atoms with Gasteiger partial charge in [-0.25, -0.2) is 14.2 Å². The number of benzene rings is 1. The number of nitrogens with zero attached hydrogens (tertiary/aromatic N) is 5. The van der Waals surface area contributed by atoms with E-state index >= 15 is 0 Å². The van der Waals surface area contributed by atoms with Crippen molar-refractivity contribution in [3.8, 4) is 22.9 Å². The first-order chi connectivity index (χ1) is 18.6. The van der Waals surface area contributed by atoms with Crippen LogP contribution in [0.3, 0.4) is 0 Å². The maximum atomic E-state index is 14.3. The van der Waals surface area contributed by atoms with Crippen molar-refractivity contribution in [2.45, 2.75) is 26.5 Å². The van der Waals surface area contributed by atoms with Gasteiger partial charge in [0.1, 0.15) is 30.2 Å². The summed E-state index contributed by atoms with van der Waals surface area (Å²) in [4.78, 5) is 43.3. The molecule has 0 fully saturated rings. The molecule has 0 saturated carbocycles. The van der Waals surface area contributed by atoms with Crippen LogP contribution in [-0.4, -0.2) is 57.8 Å². The third-order valence-corrected chi connectivity index (χ3v) is 6.01. The van der Waals surface area contributed by atoms with Gasteiger partial charge in [-0.2, -0.15) is 10.4 Å². The molecule has 2 aromatic heterocycles. The van der Waals surface area contributed by atoms with Gasteiger partial charge in [-0.1, -0.05) is 0 Å². The number of fused-ring (bicyclic) bond motifs is 5. The van der Waals surface area contributed by atoms with Gasteiger partial charge in [0.05, 0.1) is 18.8 Å². The molecule has 0 spiro atoms. The van der Waals surface area contributed by atoms with Crippen molar-refractivity contribution < 1.29 is 28.2 Å². The van der Waals surface area contributed by atoms with Gasteiger partial charge >= 0.3 is 6.09 Å². The van der Waals surface area contributed by atoms with E-state index in [0.29, 0.717) is 16.8 Å². The number of aromatic nitrogens is 3. The van der Waals surface area contributed by atoms with Crippen LogP contribution in [-0.2, 0) is 23.1 Å². The van der Waals surface area contributed by atoms with Crippen molar-refractivity contribution in [3.63, 3.8) is 0 Å². The second-order valence-electron chi connectivity index (χ2n) is 8.75. The molecular weight excluding hydrogens is 509 g/mol. The summed E-state index contributed by atoms with van der Waals surface area (Å²) in [5, 5.41) is 19.2. The molecule has 0 radical (unpaired) electrons. The number of carbonyl (C=O) groups excluding carboxylic acids is 3. The van der Waals surface area contributed by atoms with Crippen LogP contribution in [0.2, 0.25) is 0 Å². The molecule has 1 unspecified atom stereocenters. The van der Waals surface area contributed by atoms with Crippen LogP contribution in [0.15, 0.2) is 30.5 Å². The third-order valence-electron chi connectivity index (χ3n) is 6.01. The van der Waals surface area contributed by atoms with Gasteiger partial charge in [0.25, 0.3) is 5.91 Å². The number of carbonyl (C=O) groups is 3. The van der Waals surface area contributed by atoms with E-state index in [1.165, 1.54) is 34.0 Å². The van der Waals surface area contributed by atoms with Crippen LogP contribution >= 0.6 is 0 Å². The summed E-state index contributed by atoms with van der Waals surface area (Å²) >= 11 is 0. The summed E-state index contributed by atoms with van der Waals surface area (Å²) in [6, 6.07) is 7.50. The van der Waals surface area contributed by atoms with Gasteiger partial charge in [0.15, 0.2) is 11.6 Å². The van der Waals surface area contributed by atoms with Crippen molar-refractivity contribution in [2.24, 2.45) is 7.05 Å². The van der Waals surface area contributed by atoms with Crippen molar-refractivity contribution in [1.29, 1.82) is 5.26 Å². The number of nitrogens with one attached hydrogen (secondary N) is 2. The number of amides is 3. The van der Waals surface area contributed by atoms with Crippen molar-refractivity contribution in [3.05, 3.63) is 58.8 Å². The van der Waals surface area contributed by atoms with Gasteiger partial charge < -0.3 is 25.0 Å². The van der Waals surface area contributed by atoms with Gasteiger partial charge in [-0.05, 0) is 38.1 Å². The Hall–Kier alpha value is -4.99. The molecule has 202 valence electrons. The number of hydrogen-bond acceptors (Lipinski definition) is 8. The Bertz CT molecular complexity index is 1500.